The number of rotatable bonds is 6. The lowest BCUT2D eigenvalue weighted by Crippen LogP contribution is -2.02. The van der Waals surface area contributed by atoms with Gasteiger partial charge in [-0.25, -0.2) is 15.0 Å². The lowest BCUT2D eigenvalue weighted by atomic mass is 10.0. The first-order valence-corrected chi connectivity index (χ1v) is 18.8. The maximum atomic E-state index is 6.48. The van der Waals surface area contributed by atoms with Crippen LogP contribution in [0.25, 0.3) is 106 Å². The monoisotopic (exact) mass is 716 g/mol. The molecular formula is C51H32N4O. The molecule has 0 bridgehead atoms. The summed E-state index contributed by atoms with van der Waals surface area (Å²) in [6, 6.07) is 67.4. The normalized spacial score (nSPS) is 11.6. The highest BCUT2D eigenvalue weighted by Gasteiger charge is 2.21. The van der Waals surface area contributed by atoms with Crippen LogP contribution in [0.3, 0.4) is 0 Å². The van der Waals surface area contributed by atoms with E-state index in [0.29, 0.717) is 17.5 Å². The summed E-state index contributed by atoms with van der Waals surface area (Å²) < 4.78 is 8.83. The highest BCUT2D eigenvalue weighted by molar-refractivity contribution is 6.14. The lowest BCUT2D eigenvalue weighted by Gasteiger charge is -2.14. The standard InChI is InChI=1S/C51H32N4O/c1-3-14-33(15-4-1)34-28-30-36(31-29-34)50-52-49(35-16-5-2-6-17-35)53-51(54-50)44-25-13-23-42-40-20-7-9-26-45(40)55(47(42)44)38-19-11-18-37(32-38)39-22-12-24-43-41-21-8-10-27-46(41)56-48(39)43/h1-32H. The predicted molar refractivity (Wildman–Crippen MR) is 229 cm³/mol. The van der Waals surface area contributed by atoms with Gasteiger partial charge in [0.15, 0.2) is 17.5 Å². The van der Waals surface area contributed by atoms with Gasteiger partial charge in [0.1, 0.15) is 11.2 Å². The van der Waals surface area contributed by atoms with Crippen LogP contribution in [0.15, 0.2) is 199 Å². The molecule has 5 heteroatoms. The van der Waals surface area contributed by atoms with Gasteiger partial charge in [-0.3, -0.25) is 0 Å². The molecule has 5 nitrogen and oxygen atoms in total. The first-order valence-electron chi connectivity index (χ1n) is 18.8. The molecule has 0 spiro atoms. The van der Waals surface area contributed by atoms with E-state index in [-0.39, 0.29) is 0 Å². The quantitative estimate of drug-likeness (QED) is 0.172. The Balaban J connectivity index is 1.12. The molecule has 0 amide bonds. The largest absolute Gasteiger partial charge is 0.455 e. The van der Waals surface area contributed by atoms with Crippen molar-refractivity contribution in [2.45, 2.75) is 0 Å². The molecule has 3 aromatic heterocycles. The van der Waals surface area contributed by atoms with Crippen LogP contribution in [0.2, 0.25) is 0 Å². The van der Waals surface area contributed by atoms with E-state index < -0.39 is 0 Å². The molecule has 0 unspecified atom stereocenters. The predicted octanol–water partition coefficient (Wildman–Crippen LogP) is 13.2. The van der Waals surface area contributed by atoms with Gasteiger partial charge in [-0.05, 0) is 47.0 Å². The van der Waals surface area contributed by atoms with Gasteiger partial charge in [0, 0.05) is 49.5 Å². The second-order valence-corrected chi connectivity index (χ2v) is 14.0. The molecule has 0 aliphatic heterocycles. The van der Waals surface area contributed by atoms with Gasteiger partial charge in [0.25, 0.3) is 0 Å². The number of benzene rings is 8. The van der Waals surface area contributed by atoms with Gasteiger partial charge < -0.3 is 8.98 Å². The molecule has 0 saturated heterocycles. The Morgan fingerprint density at radius 2 is 0.893 bits per heavy atom. The summed E-state index contributed by atoms with van der Waals surface area (Å²) in [7, 11) is 0. The zero-order valence-corrected chi connectivity index (χ0v) is 30.2. The Morgan fingerprint density at radius 1 is 0.357 bits per heavy atom. The number of hydrogen-bond donors (Lipinski definition) is 0. The first kappa shape index (κ1) is 31.9. The van der Waals surface area contributed by atoms with Gasteiger partial charge in [-0.15, -0.1) is 0 Å². The van der Waals surface area contributed by atoms with Crippen molar-refractivity contribution in [1.82, 2.24) is 19.5 Å². The summed E-state index contributed by atoms with van der Waals surface area (Å²) in [5.41, 5.74) is 12.1. The van der Waals surface area contributed by atoms with Crippen molar-refractivity contribution in [3.05, 3.63) is 194 Å². The van der Waals surface area contributed by atoms with E-state index in [4.69, 9.17) is 19.4 Å². The smallest absolute Gasteiger partial charge is 0.166 e. The van der Waals surface area contributed by atoms with Crippen LogP contribution in [-0.2, 0) is 0 Å². The number of aromatic nitrogens is 4. The van der Waals surface area contributed by atoms with E-state index in [9.17, 15) is 0 Å². The van der Waals surface area contributed by atoms with Crippen LogP contribution in [0, 0.1) is 0 Å². The molecule has 3 heterocycles. The van der Waals surface area contributed by atoms with Crippen LogP contribution < -0.4 is 0 Å². The van der Waals surface area contributed by atoms with Crippen molar-refractivity contribution in [2.24, 2.45) is 0 Å². The van der Waals surface area contributed by atoms with E-state index in [1.54, 1.807) is 0 Å². The van der Waals surface area contributed by atoms with Gasteiger partial charge in [-0.2, -0.15) is 0 Å². The number of furan rings is 1. The molecule has 8 aromatic carbocycles. The van der Waals surface area contributed by atoms with Crippen LogP contribution in [-0.4, -0.2) is 19.5 Å². The summed E-state index contributed by atoms with van der Waals surface area (Å²) in [5.74, 6) is 1.85. The van der Waals surface area contributed by atoms with Crippen molar-refractivity contribution < 1.29 is 4.42 Å². The molecule has 0 saturated carbocycles. The molecule has 0 aliphatic rings. The molecule has 0 fully saturated rings. The second kappa shape index (κ2) is 13.0. The summed E-state index contributed by atoms with van der Waals surface area (Å²) in [6.45, 7) is 0. The van der Waals surface area contributed by atoms with Crippen molar-refractivity contribution in [2.75, 3.05) is 0 Å². The average molecular weight is 717 g/mol. The molecule has 0 atom stereocenters. The minimum Gasteiger partial charge on any atom is -0.455 e. The fourth-order valence-corrected chi connectivity index (χ4v) is 8.04. The molecule has 11 aromatic rings. The summed E-state index contributed by atoms with van der Waals surface area (Å²) >= 11 is 0. The van der Waals surface area contributed by atoms with E-state index in [1.165, 1.54) is 5.56 Å². The highest BCUT2D eigenvalue weighted by Crippen LogP contribution is 2.40. The zero-order chi connectivity index (χ0) is 37.0. The number of para-hydroxylation sites is 4. The van der Waals surface area contributed by atoms with Crippen LogP contribution in [0.5, 0.6) is 0 Å². The SMILES string of the molecule is c1ccc(-c2ccc(-c3nc(-c4ccccc4)nc(-c4cccc5c6ccccc6n(-c6cccc(-c7cccc8c7oc7ccccc78)c6)c45)n3)cc2)cc1. The fourth-order valence-electron chi connectivity index (χ4n) is 8.04. The number of nitrogens with zero attached hydrogens (tertiary/aromatic N) is 4. The van der Waals surface area contributed by atoms with Crippen LogP contribution in [0.4, 0.5) is 0 Å². The zero-order valence-electron chi connectivity index (χ0n) is 30.2. The van der Waals surface area contributed by atoms with Crippen molar-refractivity contribution >= 4 is 43.7 Å². The van der Waals surface area contributed by atoms with E-state index >= 15 is 0 Å². The molecule has 56 heavy (non-hydrogen) atoms. The molecule has 0 N–H and O–H groups in total. The van der Waals surface area contributed by atoms with Gasteiger partial charge in [0.2, 0.25) is 0 Å². The molecule has 0 radical (unpaired) electrons. The molecule has 0 aliphatic carbocycles. The Bertz CT molecular complexity index is 3240. The lowest BCUT2D eigenvalue weighted by molar-refractivity contribution is 0.670. The van der Waals surface area contributed by atoms with E-state index in [2.05, 4.69) is 150 Å². The molecular weight excluding hydrogens is 685 g/mol. The second-order valence-electron chi connectivity index (χ2n) is 14.0. The van der Waals surface area contributed by atoms with Crippen molar-refractivity contribution in [3.63, 3.8) is 0 Å². The third-order valence-corrected chi connectivity index (χ3v) is 10.7. The molecule has 11 rings (SSSR count). The Kier molecular flexibility index (Phi) is 7.42. The Morgan fingerprint density at radius 3 is 1.68 bits per heavy atom. The van der Waals surface area contributed by atoms with E-state index in [1.807, 2.05) is 48.5 Å². The fraction of sp³-hybridized carbons (Fsp3) is 0. The first-order chi connectivity index (χ1) is 27.8. The Hall–Kier alpha value is -7.63. The molecule has 262 valence electrons. The summed E-state index contributed by atoms with van der Waals surface area (Å²) in [5, 5.41) is 4.50. The minimum atomic E-state index is 0.610. The van der Waals surface area contributed by atoms with Crippen LogP contribution in [0.1, 0.15) is 0 Å². The average Bonchev–Trinajstić information content (AvgIpc) is 3.83. The summed E-state index contributed by atoms with van der Waals surface area (Å²) in [6.07, 6.45) is 0. The third-order valence-electron chi connectivity index (χ3n) is 10.7. The van der Waals surface area contributed by atoms with Crippen molar-refractivity contribution in [1.29, 1.82) is 0 Å². The highest BCUT2D eigenvalue weighted by atomic mass is 16.3. The van der Waals surface area contributed by atoms with E-state index in [0.717, 1.165) is 82.8 Å². The minimum absolute atomic E-state index is 0.610. The number of fused-ring (bicyclic) bond motifs is 6. The van der Waals surface area contributed by atoms with Crippen LogP contribution >= 0.6 is 0 Å². The van der Waals surface area contributed by atoms with Gasteiger partial charge >= 0.3 is 0 Å². The Labute approximate surface area is 322 Å². The topological polar surface area (TPSA) is 56.7 Å². The number of hydrogen-bond acceptors (Lipinski definition) is 4. The third kappa shape index (κ3) is 5.29. The van der Waals surface area contributed by atoms with Crippen molar-refractivity contribution in [3.8, 4) is 62.1 Å². The summed E-state index contributed by atoms with van der Waals surface area (Å²) in [4.78, 5) is 15.5. The maximum absolute atomic E-state index is 6.48. The van der Waals surface area contributed by atoms with Gasteiger partial charge in [-0.1, -0.05) is 164 Å². The van der Waals surface area contributed by atoms with Gasteiger partial charge in [0.05, 0.1) is 11.0 Å². The maximum Gasteiger partial charge on any atom is 0.166 e.